The molecule has 0 aliphatic carbocycles. The largest absolute Gasteiger partial charge is 0.356 e. The van der Waals surface area contributed by atoms with Gasteiger partial charge in [0, 0.05) is 19.0 Å². The monoisotopic (exact) mass is 226 g/mol. The Morgan fingerprint density at radius 3 is 2.94 bits per heavy atom. The predicted octanol–water partition coefficient (Wildman–Crippen LogP) is 2.07. The van der Waals surface area contributed by atoms with Crippen molar-refractivity contribution in [2.45, 2.75) is 58.4 Å². The van der Waals surface area contributed by atoms with Gasteiger partial charge in [0.15, 0.2) is 0 Å². The van der Waals surface area contributed by atoms with E-state index in [0.717, 1.165) is 25.9 Å². The van der Waals surface area contributed by atoms with Gasteiger partial charge in [-0.2, -0.15) is 0 Å². The quantitative estimate of drug-likeness (QED) is 0.728. The molecular formula is C13H26N2O. The van der Waals surface area contributed by atoms with Gasteiger partial charge in [0.1, 0.15) is 0 Å². The summed E-state index contributed by atoms with van der Waals surface area (Å²) < 4.78 is 0. The van der Waals surface area contributed by atoms with Crippen molar-refractivity contribution < 1.29 is 4.79 Å². The third-order valence-corrected chi connectivity index (χ3v) is 3.46. The van der Waals surface area contributed by atoms with Crippen LogP contribution in [0, 0.1) is 5.92 Å². The van der Waals surface area contributed by atoms with Crippen molar-refractivity contribution in [3.05, 3.63) is 0 Å². The number of hydrogen-bond acceptors (Lipinski definition) is 2. The number of piperidine rings is 1. The van der Waals surface area contributed by atoms with Crippen LogP contribution >= 0.6 is 0 Å². The van der Waals surface area contributed by atoms with Crippen LogP contribution in [-0.2, 0) is 4.79 Å². The van der Waals surface area contributed by atoms with Crippen LogP contribution in [0.4, 0.5) is 0 Å². The molecule has 1 fully saturated rings. The summed E-state index contributed by atoms with van der Waals surface area (Å²) in [6, 6.07) is 0.623. The first kappa shape index (κ1) is 13.5. The highest BCUT2D eigenvalue weighted by molar-refractivity contribution is 5.76. The molecule has 2 unspecified atom stereocenters. The van der Waals surface area contributed by atoms with Crippen molar-refractivity contribution >= 4 is 5.91 Å². The normalized spacial score (nSPS) is 22.8. The van der Waals surface area contributed by atoms with Crippen LogP contribution < -0.4 is 10.6 Å². The van der Waals surface area contributed by atoms with E-state index < -0.39 is 0 Å². The summed E-state index contributed by atoms with van der Waals surface area (Å²) in [5.41, 5.74) is 0. The Morgan fingerprint density at radius 2 is 2.31 bits per heavy atom. The van der Waals surface area contributed by atoms with Crippen LogP contribution in [0.15, 0.2) is 0 Å². The summed E-state index contributed by atoms with van der Waals surface area (Å²) in [6.45, 7) is 6.23. The zero-order chi connectivity index (χ0) is 11.8. The molecule has 16 heavy (non-hydrogen) atoms. The maximum absolute atomic E-state index is 11.5. The third kappa shape index (κ3) is 5.50. The van der Waals surface area contributed by atoms with E-state index in [4.69, 9.17) is 0 Å². The molecule has 1 rings (SSSR count). The number of rotatable bonds is 6. The smallest absolute Gasteiger partial charge is 0.220 e. The van der Waals surface area contributed by atoms with Gasteiger partial charge in [-0.05, 0) is 31.7 Å². The summed E-state index contributed by atoms with van der Waals surface area (Å²) >= 11 is 0. The lowest BCUT2D eigenvalue weighted by Crippen LogP contribution is -2.37. The molecule has 0 bridgehead atoms. The average Bonchev–Trinajstić information content (AvgIpc) is 2.30. The fourth-order valence-corrected chi connectivity index (χ4v) is 2.09. The van der Waals surface area contributed by atoms with Gasteiger partial charge in [0.05, 0.1) is 0 Å². The van der Waals surface area contributed by atoms with Crippen molar-refractivity contribution in [3.63, 3.8) is 0 Å². The average molecular weight is 226 g/mol. The van der Waals surface area contributed by atoms with E-state index in [1.165, 1.54) is 19.3 Å². The summed E-state index contributed by atoms with van der Waals surface area (Å²) in [4.78, 5) is 11.5. The van der Waals surface area contributed by atoms with Gasteiger partial charge in [-0.3, -0.25) is 4.79 Å². The molecule has 1 amide bonds. The van der Waals surface area contributed by atoms with Crippen LogP contribution in [0.25, 0.3) is 0 Å². The van der Waals surface area contributed by atoms with Crippen molar-refractivity contribution in [1.29, 1.82) is 0 Å². The molecule has 94 valence electrons. The third-order valence-electron chi connectivity index (χ3n) is 3.46. The number of carbonyl (C=O) groups excluding carboxylic acids is 1. The minimum Gasteiger partial charge on any atom is -0.356 e. The van der Waals surface area contributed by atoms with E-state index in [1.807, 2.05) is 0 Å². The Labute approximate surface area is 99.4 Å². The van der Waals surface area contributed by atoms with Gasteiger partial charge in [-0.1, -0.05) is 26.7 Å². The lowest BCUT2D eigenvalue weighted by atomic mass is 10.0. The zero-order valence-electron chi connectivity index (χ0n) is 10.7. The van der Waals surface area contributed by atoms with E-state index in [9.17, 15) is 4.79 Å². The van der Waals surface area contributed by atoms with E-state index in [1.54, 1.807) is 0 Å². The van der Waals surface area contributed by atoms with Crippen LogP contribution in [0.3, 0.4) is 0 Å². The molecule has 1 heterocycles. The maximum Gasteiger partial charge on any atom is 0.220 e. The molecule has 1 aliphatic rings. The summed E-state index contributed by atoms with van der Waals surface area (Å²) in [5.74, 6) is 0.720. The first-order chi connectivity index (χ1) is 7.72. The van der Waals surface area contributed by atoms with E-state index in [-0.39, 0.29) is 5.91 Å². The van der Waals surface area contributed by atoms with E-state index in [2.05, 4.69) is 24.5 Å². The minimum absolute atomic E-state index is 0.213. The molecule has 3 nitrogen and oxygen atoms in total. The molecule has 0 aromatic carbocycles. The molecule has 2 N–H and O–H groups in total. The first-order valence-electron chi connectivity index (χ1n) is 6.72. The van der Waals surface area contributed by atoms with Gasteiger partial charge in [0.25, 0.3) is 0 Å². The second-order valence-corrected chi connectivity index (χ2v) is 5.00. The summed E-state index contributed by atoms with van der Waals surface area (Å²) in [7, 11) is 0. The van der Waals surface area contributed by atoms with Gasteiger partial charge < -0.3 is 10.6 Å². The Kier molecular flexibility index (Phi) is 6.46. The predicted molar refractivity (Wildman–Crippen MR) is 67.3 cm³/mol. The molecule has 0 aromatic rings. The van der Waals surface area contributed by atoms with Crippen molar-refractivity contribution in [2.75, 3.05) is 13.1 Å². The second-order valence-electron chi connectivity index (χ2n) is 5.00. The Hall–Kier alpha value is -0.570. The molecule has 3 heteroatoms. The van der Waals surface area contributed by atoms with Gasteiger partial charge in [-0.15, -0.1) is 0 Å². The fraction of sp³-hybridized carbons (Fsp3) is 0.923. The molecule has 0 saturated carbocycles. The zero-order valence-corrected chi connectivity index (χ0v) is 10.7. The molecule has 0 radical (unpaired) electrons. The Bertz CT molecular complexity index is 200. The van der Waals surface area contributed by atoms with E-state index >= 15 is 0 Å². The van der Waals surface area contributed by atoms with Crippen LogP contribution in [0.5, 0.6) is 0 Å². The minimum atomic E-state index is 0.213. The fourth-order valence-electron chi connectivity index (χ4n) is 2.09. The SMILES string of the molecule is CCC(C)CC(=O)NCCC1CCCCN1. The number of carbonyl (C=O) groups is 1. The summed E-state index contributed by atoms with van der Waals surface area (Å²) in [5, 5.41) is 6.51. The van der Waals surface area contributed by atoms with Crippen molar-refractivity contribution in [3.8, 4) is 0 Å². The topological polar surface area (TPSA) is 41.1 Å². The Balaban J connectivity index is 2.03. The first-order valence-corrected chi connectivity index (χ1v) is 6.72. The standard InChI is InChI=1S/C13H26N2O/c1-3-11(2)10-13(16)15-9-7-12-6-4-5-8-14-12/h11-12,14H,3-10H2,1-2H3,(H,15,16). The number of nitrogens with one attached hydrogen (secondary N) is 2. The molecular weight excluding hydrogens is 200 g/mol. The molecule has 2 atom stereocenters. The van der Waals surface area contributed by atoms with Crippen LogP contribution in [0.1, 0.15) is 52.4 Å². The lowest BCUT2D eigenvalue weighted by molar-refractivity contribution is -0.121. The molecule has 0 spiro atoms. The molecule has 1 aliphatic heterocycles. The van der Waals surface area contributed by atoms with Gasteiger partial charge in [-0.25, -0.2) is 0 Å². The summed E-state index contributed by atoms with van der Waals surface area (Å²) in [6.07, 6.45) is 6.73. The van der Waals surface area contributed by atoms with Gasteiger partial charge >= 0.3 is 0 Å². The van der Waals surface area contributed by atoms with Crippen molar-refractivity contribution in [1.82, 2.24) is 10.6 Å². The Morgan fingerprint density at radius 1 is 1.50 bits per heavy atom. The maximum atomic E-state index is 11.5. The molecule has 0 aromatic heterocycles. The van der Waals surface area contributed by atoms with Crippen LogP contribution in [0.2, 0.25) is 0 Å². The molecule has 1 saturated heterocycles. The lowest BCUT2D eigenvalue weighted by Gasteiger charge is -2.23. The van der Waals surface area contributed by atoms with Gasteiger partial charge in [0.2, 0.25) is 5.91 Å². The second kappa shape index (κ2) is 7.66. The highest BCUT2D eigenvalue weighted by Crippen LogP contribution is 2.09. The number of hydrogen-bond donors (Lipinski definition) is 2. The highest BCUT2D eigenvalue weighted by Gasteiger charge is 2.12. The number of amides is 1. The van der Waals surface area contributed by atoms with E-state index in [0.29, 0.717) is 18.4 Å². The van der Waals surface area contributed by atoms with Crippen LogP contribution in [-0.4, -0.2) is 25.0 Å². The highest BCUT2D eigenvalue weighted by atomic mass is 16.1. The van der Waals surface area contributed by atoms with Crippen molar-refractivity contribution in [2.24, 2.45) is 5.92 Å².